The van der Waals surface area contributed by atoms with Crippen molar-refractivity contribution in [2.75, 3.05) is 19.0 Å². The number of benzene rings is 2. The zero-order valence-electron chi connectivity index (χ0n) is 19.6. The fourth-order valence-electron chi connectivity index (χ4n) is 3.95. The van der Waals surface area contributed by atoms with E-state index in [9.17, 15) is 19.5 Å². The lowest BCUT2D eigenvalue weighted by Crippen LogP contribution is -2.58. The number of hydrogen-bond acceptors (Lipinski definition) is 7. The number of carbonyl (C=O) groups is 3. The first-order valence-electron chi connectivity index (χ1n) is 11.3. The number of imide groups is 1. The van der Waals surface area contributed by atoms with Crippen molar-refractivity contribution in [2.45, 2.75) is 48.9 Å². The van der Waals surface area contributed by atoms with Crippen molar-refractivity contribution in [3.63, 3.8) is 0 Å². The normalized spacial score (nSPS) is 19.3. The molecule has 0 bridgehead atoms. The van der Waals surface area contributed by atoms with Crippen molar-refractivity contribution in [1.82, 2.24) is 4.90 Å². The van der Waals surface area contributed by atoms with Gasteiger partial charge >= 0.3 is 0 Å². The van der Waals surface area contributed by atoms with Crippen molar-refractivity contribution < 1.29 is 24.2 Å². The molecule has 4 N–H and O–H groups in total. The molecule has 0 saturated heterocycles. The van der Waals surface area contributed by atoms with Crippen LogP contribution in [0.25, 0.3) is 0 Å². The molecule has 0 aromatic heterocycles. The number of nitrogens with one attached hydrogen (secondary N) is 1. The van der Waals surface area contributed by atoms with Crippen molar-refractivity contribution in [3.05, 3.63) is 54.1 Å². The smallest absolute Gasteiger partial charge is 0.249 e. The second kappa shape index (κ2) is 11.5. The average Bonchev–Trinajstić information content (AvgIpc) is 2.98. The highest BCUT2D eigenvalue weighted by molar-refractivity contribution is 7.99. The predicted molar refractivity (Wildman–Crippen MR) is 131 cm³/mol. The molecule has 182 valence electrons. The minimum absolute atomic E-state index is 0.382. The number of anilines is 1. The second-order valence-corrected chi connectivity index (χ2v) is 9.43. The van der Waals surface area contributed by atoms with Crippen LogP contribution in [0.1, 0.15) is 37.5 Å². The van der Waals surface area contributed by atoms with Gasteiger partial charge in [0.05, 0.1) is 36.6 Å². The van der Waals surface area contributed by atoms with Crippen LogP contribution in [0.3, 0.4) is 0 Å². The Morgan fingerprint density at radius 2 is 1.85 bits per heavy atom. The van der Waals surface area contributed by atoms with Gasteiger partial charge in [0.1, 0.15) is 11.8 Å². The first-order chi connectivity index (χ1) is 16.3. The summed E-state index contributed by atoms with van der Waals surface area (Å²) in [7, 11) is 1.56. The molecule has 34 heavy (non-hydrogen) atoms. The zero-order chi connectivity index (χ0) is 24.8. The van der Waals surface area contributed by atoms with Crippen LogP contribution in [0.2, 0.25) is 0 Å². The summed E-state index contributed by atoms with van der Waals surface area (Å²) >= 11 is 1.39. The Morgan fingerprint density at radius 1 is 1.18 bits per heavy atom. The maximum atomic E-state index is 13.6. The molecule has 1 aliphatic heterocycles. The molecule has 0 unspecified atom stereocenters. The van der Waals surface area contributed by atoms with Gasteiger partial charge in [-0.15, -0.1) is 11.8 Å². The molecular weight excluding hydrogens is 454 g/mol. The van der Waals surface area contributed by atoms with Crippen LogP contribution in [-0.2, 0) is 14.4 Å². The molecule has 0 aliphatic carbocycles. The molecule has 0 saturated carbocycles. The van der Waals surface area contributed by atoms with Gasteiger partial charge in [0.15, 0.2) is 0 Å². The van der Waals surface area contributed by atoms with E-state index in [-0.39, 0.29) is 0 Å². The summed E-state index contributed by atoms with van der Waals surface area (Å²) in [5, 5.41) is 12.2. The monoisotopic (exact) mass is 485 g/mol. The third kappa shape index (κ3) is 5.43. The number of aliphatic hydroxyl groups is 1. The molecule has 2 aromatic rings. The number of ether oxygens (including phenoxy) is 1. The number of aliphatic hydroxyl groups excluding tert-OH is 1. The Kier molecular flexibility index (Phi) is 8.71. The van der Waals surface area contributed by atoms with E-state index < -0.39 is 47.6 Å². The first-order valence-corrected chi connectivity index (χ1v) is 12.1. The highest BCUT2D eigenvalue weighted by atomic mass is 32.2. The maximum absolute atomic E-state index is 13.6. The summed E-state index contributed by atoms with van der Waals surface area (Å²) in [6, 6.07) is 12.3. The summed E-state index contributed by atoms with van der Waals surface area (Å²) < 4.78 is 5.26. The fraction of sp³-hybridized carbons (Fsp3) is 0.400. The van der Waals surface area contributed by atoms with E-state index in [1.165, 1.54) is 18.7 Å². The van der Waals surface area contributed by atoms with Crippen LogP contribution in [0, 0.1) is 5.92 Å². The molecule has 4 atom stereocenters. The Labute approximate surface area is 203 Å². The molecule has 0 fully saturated rings. The van der Waals surface area contributed by atoms with Gasteiger partial charge in [0.25, 0.3) is 0 Å². The van der Waals surface area contributed by atoms with E-state index in [1.807, 2.05) is 37.3 Å². The molecule has 8 nitrogen and oxygen atoms in total. The Balaban J connectivity index is 2.16. The van der Waals surface area contributed by atoms with E-state index in [2.05, 4.69) is 5.32 Å². The van der Waals surface area contributed by atoms with Crippen LogP contribution in [0.4, 0.5) is 5.69 Å². The number of methoxy groups -OCH3 is 1. The molecule has 9 heteroatoms. The summed E-state index contributed by atoms with van der Waals surface area (Å²) in [6.07, 6.45) is 1.02. The van der Waals surface area contributed by atoms with Crippen molar-refractivity contribution in [3.8, 4) is 5.75 Å². The lowest BCUT2D eigenvalue weighted by atomic mass is 9.97. The van der Waals surface area contributed by atoms with Gasteiger partial charge in [0, 0.05) is 4.90 Å². The van der Waals surface area contributed by atoms with Crippen molar-refractivity contribution >= 4 is 35.2 Å². The summed E-state index contributed by atoms with van der Waals surface area (Å²) in [5.74, 6) is -1.92. The SMILES string of the molecule is CCC[C@@H](CO)C(=O)N(C(=O)[C@H](C)N)[C@@H]1C(=O)Nc2ccccc2S[C@@H]1c1ccc(OC)cc1. The van der Waals surface area contributed by atoms with Crippen LogP contribution >= 0.6 is 11.8 Å². The number of fused-ring (bicyclic) bond motifs is 1. The largest absolute Gasteiger partial charge is 0.497 e. The third-order valence-corrected chi connectivity index (χ3v) is 7.14. The number of thioether (sulfide) groups is 1. The Morgan fingerprint density at radius 3 is 2.44 bits per heavy atom. The second-order valence-electron chi connectivity index (χ2n) is 8.25. The summed E-state index contributed by atoms with van der Waals surface area (Å²) in [6.45, 7) is 2.94. The predicted octanol–water partition coefficient (Wildman–Crippen LogP) is 2.96. The molecule has 1 heterocycles. The highest BCUT2D eigenvalue weighted by Crippen LogP contribution is 2.46. The maximum Gasteiger partial charge on any atom is 0.249 e. The molecule has 3 rings (SSSR count). The Bertz CT molecular complexity index is 1030. The van der Waals surface area contributed by atoms with Crippen molar-refractivity contribution in [1.29, 1.82) is 0 Å². The lowest BCUT2D eigenvalue weighted by Gasteiger charge is -2.35. The number of nitrogens with two attached hydrogens (primary N) is 1. The minimum Gasteiger partial charge on any atom is -0.497 e. The topological polar surface area (TPSA) is 122 Å². The lowest BCUT2D eigenvalue weighted by molar-refractivity contribution is -0.155. The standard InChI is InChI=1S/C25H31N3O5S/c1-4-7-17(14-29)25(32)28(24(31)15(2)26)21-22(16-10-12-18(33-3)13-11-16)34-20-9-6-5-8-19(20)27-23(21)30/h5-6,8-13,15,17,21-22,29H,4,7,14,26H2,1-3H3,(H,27,30)/t15-,17-,21-,22+/m0/s1. The van der Waals surface area contributed by atoms with Gasteiger partial charge in [-0.3, -0.25) is 19.3 Å². The van der Waals surface area contributed by atoms with Crippen LogP contribution in [0.5, 0.6) is 5.75 Å². The van der Waals surface area contributed by atoms with E-state index in [4.69, 9.17) is 10.5 Å². The third-order valence-electron chi connectivity index (χ3n) is 5.75. The van der Waals surface area contributed by atoms with Gasteiger partial charge in [-0.25, -0.2) is 0 Å². The quantitative estimate of drug-likeness (QED) is 0.525. The molecule has 1 aliphatic rings. The molecule has 0 radical (unpaired) electrons. The van der Waals surface area contributed by atoms with Crippen LogP contribution in [0.15, 0.2) is 53.4 Å². The number of amides is 3. The molecular formula is C25H31N3O5S. The van der Waals surface area contributed by atoms with Crippen LogP contribution in [-0.4, -0.2) is 53.5 Å². The number of carbonyl (C=O) groups excluding carboxylic acids is 3. The van der Waals surface area contributed by atoms with Gasteiger partial charge in [-0.1, -0.05) is 37.6 Å². The van der Waals surface area contributed by atoms with E-state index in [0.29, 0.717) is 24.3 Å². The van der Waals surface area contributed by atoms with Crippen LogP contribution < -0.4 is 15.8 Å². The number of rotatable bonds is 8. The zero-order valence-corrected chi connectivity index (χ0v) is 20.4. The van der Waals surface area contributed by atoms with Gasteiger partial charge in [-0.2, -0.15) is 0 Å². The molecule has 3 amide bonds. The van der Waals surface area contributed by atoms with E-state index in [1.54, 1.807) is 25.3 Å². The Hall–Kier alpha value is -2.88. The van der Waals surface area contributed by atoms with Gasteiger partial charge < -0.3 is 20.9 Å². The summed E-state index contributed by atoms with van der Waals surface area (Å²) in [5.41, 5.74) is 7.27. The summed E-state index contributed by atoms with van der Waals surface area (Å²) in [4.78, 5) is 42.3. The average molecular weight is 486 g/mol. The fourth-order valence-corrected chi connectivity index (χ4v) is 5.30. The molecule has 0 spiro atoms. The number of para-hydroxylation sites is 1. The van der Waals surface area contributed by atoms with Gasteiger partial charge in [0.2, 0.25) is 17.7 Å². The van der Waals surface area contributed by atoms with Crippen molar-refractivity contribution in [2.24, 2.45) is 11.7 Å². The van der Waals surface area contributed by atoms with Gasteiger partial charge in [-0.05, 0) is 43.2 Å². The van der Waals surface area contributed by atoms with E-state index in [0.717, 1.165) is 15.4 Å². The minimum atomic E-state index is -1.18. The van der Waals surface area contributed by atoms with E-state index >= 15 is 0 Å². The first kappa shape index (κ1) is 25.7. The number of nitrogens with zero attached hydrogens (tertiary/aromatic N) is 1. The number of hydrogen-bond donors (Lipinski definition) is 3. The molecule has 2 aromatic carbocycles. The highest BCUT2D eigenvalue weighted by Gasteiger charge is 2.45.